The number of benzene rings is 1. The Kier molecular flexibility index (Phi) is 5.44. The molecule has 8 nitrogen and oxygen atoms in total. The number of hydrogen-bond donors (Lipinski definition) is 1. The number of amides is 1. The van der Waals surface area contributed by atoms with E-state index in [0.717, 1.165) is 12.8 Å². The van der Waals surface area contributed by atoms with Crippen LogP contribution >= 0.6 is 0 Å². The largest absolute Gasteiger partial charge is 0.376 e. The van der Waals surface area contributed by atoms with Gasteiger partial charge in [-0.2, -0.15) is 4.98 Å². The Hall–Kier alpha value is -2.26. The first-order valence-corrected chi connectivity index (χ1v) is 9.70. The van der Waals surface area contributed by atoms with Crippen molar-refractivity contribution in [3.63, 3.8) is 0 Å². The first-order valence-electron chi connectivity index (χ1n) is 8.05. The highest BCUT2D eigenvalue weighted by molar-refractivity contribution is 7.91. The summed E-state index contributed by atoms with van der Waals surface area (Å²) in [5.74, 6) is -0.639. The summed E-state index contributed by atoms with van der Waals surface area (Å²) in [6, 6.07) is 8.15. The van der Waals surface area contributed by atoms with Crippen molar-refractivity contribution in [1.29, 1.82) is 0 Å². The molecule has 0 bridgehead atoms. The van der Waals surface area contributed by atoms with Crippen molar-refractivity contribution in [2.75, 3.05) is 18.9 Å². The summed E-state index contributed by atoms with van der Waals surface area (Å²) in [5, 5.41) is 6.35. The molecule has 9 heteroatoms. The van der Waals surface area contributed by atoms with Gasteiger partial charge in [0.05, 0.1) is 16.8 Å². The van der Waals surface area contributed by atoms with E-state index in [4.69, 9.17) is 9.26 Å². The zero-order valence-electron chi connectivity index (χ0n) is 13.6. The lowest BCUT2D eigenvalue weighted by atomic mass is 10.2. The van der Waals surface area contributed by atoms with Gasteiger partial charge < -0.3 is 14.6 Å². The van der Waals surface area contributed by atoms with Crippen molar-refractivity contribution in [3.8, 4) is 0 Å². The van der Waals surface area contributed by atoms with E-state index in [1.54, 1.807) is 18.2 Å². The highest BCUT2D eigenvalue weighted by Gasteiger charge is 2.21. The van der Waals surface area contributed by atoms with E-state index in [9.17, 15) is 13.2 Å². The number of carbonyl (C=O) groups excluding carboxylic acids is 1. The molecule has 1 aromatic carbocycles. The fourth-order valence-corrected chi connectivity index (χ4v) is 3.77. The number of rotatable bonds is 7. The van der Waals surface area contributed by atoms with Crippen LogP contribution < -0.4 is 5.32 Å². The second-order valence-electron chi connectivity index (χ2n) is 5.74. The smallest absolute Gasteiger partial charge is 0.315 e. The summed E-state index contributed by atoms with van der Waals surface area (Å²) in [6.45, 7) is 1.10. The predicted molar refractivity (Wildman–Crippen MR) is 87.8 cm³/mol. The van der Waals surface area contributed by atoms with Gasteiger partial charge in [0.2, 0.25) is 0 Å². The zero-order valence-corrected chi connectivity index (χ0v) is 14.4. The maximum absolute atomic E-state index is 12.2. The number of nitrogens with zero attached hydrogens (tertiary/aromatic N) is 2. The van der Waals surface area contributed by atoms with Crippen LogP contribution in [0.4, 0.5) is 0 Å². The Labute approximate surface area is 145 Å². The fraction of sp³-hybridized carbons (Fsp3) is 0.438. The first-order chi connectivity index (χ1) is 12.0. The Morgan fingerprint density at radius 1 is 1.28 bits per heavy atom. The molecular formula is C16H19N3O5S. The van der Waals surface area contributed by atoms with Crippen LogP contribution in [0.1, 0.15) is 29.4 Å². The summed E-state index contributed by atoms with van der Waals surface area (Å²) < 4.78 is 34.8. The molecule has 1 N–H and O–H groups in total. The van der Waals surface area contributed by atoms with Crippen molar-refractivity contribution < 1.29 is 22.5 Å². The molecule has 134 valence electrons. The third-order valence-corrected chi connectivity index (χ3v) is 5.61. The third kappa shape index (κ3) is 4.64. The summed E-state index contributed by atoms with van der Waals surface area (Å²) in [4.78, 5) is 16.2. The average molecular weight is 365 g/mol. The number of sulfone groups is 1. The molecule has 0 spiro atoms. The van der Waals surface area contributed by atoms with E-state index in [-0.39, 0.29) is 34.9 Å². The lowest BCUT2D eigenvalue weighted by Gasteiger charge is -2.08. The van der Waals surface area contributed by atoms with Gasteiger partial charge in [0, 0.05) is 19.6 Å². The normalized spacial score (nSPS) is 17.5. The fourth-order valence-electron chi connectivity index (χ4n) is 2.51. The van der Waals surface area contributed by atoms with Gasteiger partial charge in [-0.15, -0.1) is 0 Å². The number of aromatic nitrogens is 2. The molecule has 1 aromatic heterocycles. The molecule has 2 heterocycles. The maximum Gasteiger partial charge on any atom is 0.315 e. The summed E-state index contributed by atoms with van der Waals surface area (Å²) in [7, 11) is -3.43. The molecule has 2 aromatic rings. The van der Waals surface area contributed by atoms with E-state index >= 15 is 0 Å². The van der Waals surface area contributed by atoms with Crippen molar-refractivity contribution in [1.82, 2.24) is 15.5 Å². The quantitative estimate of drug-likeness (QED) is 0.779. The van der Waals surface area contributed by atoms with Crippen LogP contribution in [0.15, 0.2) is 39.8 Å². The summed E-state index contributed by atoms with van der Waals surface area (Å²) >= 11 is 0. The predicted octanol–water partition coefficient (Wildman–Crippen LogP) is 0.995. The monoisotopic (exact) mass is 365 g/mol. The van der Waals surface area contributed by atoms with Gasteiger partial charge in [-0.1, -0.05) is 23.4 Å². The molecular weight excluding hydrogens is 346 g/mol. The molecule has 3 rings (SSSR count). The molecule has 0 aliphatic carbocycles. The lowest BCUT2D eigenvalue weighted by Crippen LogP contribution is -2.31. The third-order valence-electron chi connectivity index (χ3n) is 3.87. The number of nitrogens with one attached hydrogen (secondary N) is 1. The average Bonchev–Trinajstić information content (AvgIpc) is 3.30. The van der Waals surface area contributed by atoms with Crippen LogP contribution in [-0.4, -0.2) is 49.5 Å². The van der Waals surface area contributed by atoms with Gasteiger partial charge in [-0.3, -0.25) is 4.79 Å². The van der Waals surface area contributed by atoms with Gasteiger partial charge in [0.15, 0.2) is 15.7 Å². The summed E-state index contributed by atoms with van der Waals surface area (Å²) in [5.41, 5.74) is 0. The Morgan fingerprint density at radius 2 is 2.08 bits per heavy atom. The second kappa shape index (κ2) is 7.75. The molecule has 1 atom stereocenters. The van der Waals surface area contributed by atoms with Crippen molar-refractivity contribution in [2.45, 2.75) is 30.3 Å². The Morgan fingerprint density at radius 3 is 2.80 bits per heavy atom. The van der Waals surface area contributed by atoms with Crippen LogP contribution in [0.3, 0.4) is 0 Å². The van der Waals surface area contributed by atoms with Gasteiger partial charge in [0.25, 0.3) is 0 Å². The molecule has 1 aliphatic rings. The van der Waals surface area contributed by atoms with Gasteiger partial charge >= 0.3 is 11.8 Å². The van der Waals surface area contributed by atoms with Crippen molar-refractivity contribution >= 4 is 15.7 Å². The molecule has 0 saturated carbocycles. The number of carbonyl (C=O) groups is 1. The summed E-state index contributed by atoms with van der Waals surface area (Å²) in [6.07, 6.45) is 1.98. The second-order valence-corrected chi connectivity index (χ2v) is 7.85. The van der Waals surface area contributed by atoms with Crippen LogP contribution in [0.25, 0.3) is 0 Å². The highest BCUT2D eigenvalue weighted by atomic mass is 32.2. The first kappa shape index (κ1) is 17.6. The topological polar surface area (TPSA) is 111 Å². The van der Waals surface area contributed by atoms with Crippen LogP contribution in [0.2, 0.25) is 0 Å². The maximum atomic E-state index is 12.2. The van der Waals surface area contributed by atoms with Crippen LogP contribution in [0.5, 0.6) is 0 Å². The van der Waals surface area contributed by atoms with Gasteiger partial charge in [-0.25, -0.2) is 8.42 Å². The van der Waals surface area contributed by atoms with Crippen LogP contribution in [0, 0.1) is 0 Å². The molecule has 1 fully saturated rings. The SMILES string of the molecule is O=C(NCC1CCCO1)c1nc(CCS(=O)(=O)c2ccccc2)no1. The lowest BCUT2D eigenvalue weighted by molar-refractivity contribution is 0.0822. The van der Waals surface area contributed by atoms with Crippen molar-refractivity contribution in [2.24, 2.45) is 0 Å². The van der Waals surface area contributed by atoms with E-state index < -0.39 is 15.7 Å². The minimum absolute atomic E-state index is 0.0161. The minimum Gasteiger partial charge on any atom is -0.376 e. The molecule has 1 unspecified atom stereocenters. The van der Waals surface area contributed by atoms with E-state index in [1.807, 2.05) is 0 Å². The number of hydrogen-bond acceptors (Lipinski definition) is 7. The van der Waals surface area contributed by atoms with Gasteiger partial charge in [0.1, 0.15) is 0 Å². The minimum atomic E-state index is -3.43. The van der Waals surface area contributed by atoms with E-state index in [1.165, 1.54) is 12.1 Å². The highest BCUT2D eigenvalue weighted by Crippen LogP contribution is 2.12. The van der Waals surface area contributed by atoms with E-state index in [2.05, 4.69) is 15.5 Å². The Bertz CT molecular complexity index is 813. The Balaban J connectivity index is 1.53. The van der Waals surface area contributed by atoms with Crippen molar-refractivity contribution in [3.05, 3.63) is 42.0 Å². The standard InChI is InChI=1S/C16H19N3O5S/c20-15(17-11-12-5-4-9-23-12)16-18-14(19-24-16)8-10-25(21,22)13-6-2-1-3-7-13/h1-3,6-7,12H,4-5,8-11H2,(H,17,20). The van der Waals surface area contributed by atoms with Gasteiger partial charge in [-0.05, 0) is 25.0 Å². The van der Waals surface area contributed by atoms with Crippen LogP contribution in [-0.2, 0) is 21.0 Å². The molecule has 1 saturated heterocycles. The molecule has 1 aliphatic heterocycles. The van der Waals surface area contributed by atoms with E-state index in [0.29, 0.717) is 13.2 Å². The zero-order chi connectivity index (χ0) is 17.7. The molecule has 1 amide bonds. The number of aryl methyl sites for hydroxylation is 1. The number of ether oxygens (including phenoxy) is 1. The molecule has 25 heavy (non-hydrogen) atoms. The molecule has 0 radical (unpaired) electrons.